The maximum absolute atomic E-state index is 11.5. The summed E-state index contributed by atoms with van der Waals surface area (Å²) in [5.74, 6) is 0. The average molecular weight is 488 g/mol. The first-order chi connectivity index (χ1) is 15.7. The van der Waals surface area contributed by atoms with Crippen LogP contribution in [0.25, 0.3) is 21.5 Å². The number of ether oxygens (including phenoxy) is 1. The first-order valence-electron chi connectivity index (χ1n) is 11.4. The molecule has 2 N–H and O–H groups in total. The molecule has 0 saturated carbocycles. The van der Waals surface area contributed by atoms with E-state index in [1.54, 1.807) is 11.3 Å². The summed E-state index contributed by atoms with van der Waals surface area (Å²) in [7, 11) is -1.13. The maximum Gasteiger partial charge on any atom is 0.407 e. The van der Waals surface area contributed by atoms with Crippen molar-refractivity contribution in [2.45, 2.75) is 58.2 Å². The third kappa shape index (κ3) is 5.74. The zero-order chi connectivity index (χ0) is 23.6. The Labute approximate surface area is 199 Å². The number of aryl methyl sites for hydroxylation is 1. The number of aromatic nitrogens is 3. The number of likely N-dealkylation sites (tertiary alicyclic amines) is 1. The van der Waals surface area contributed by atoms with E-state index in [0.29, 0.717) is 19.8 Å². The van der Waals surface area contributed by atoms with Crippen LogP contribution in [0.3, 0.4) is 0 Å². The highest BCUT2D eigenvalue weighted by Gasteiger charge is 2.25. The lowest BCUT2D eigenvalue weighted by molar-refractivity contribution is 0.0899. The molecule has 3 aromatic rings. The Morgan fingerprint density at radius 3 is 2.85 bits per heavy atom. The standard InChI is InChI=1S/C23H33N5O3SSi/c1-16-24-13-20(32-16)19-12-25-22-18(7-9-28(22)15-31-10-11-33(2,3)4)21(19)26-17-6-5-8-27(14-17)23(29)30/h7,9,12-13,17H,5-6,8,10-11,14-15H2,1-4H3,(H,25,26)(H,29,30). The van der Waals surface area contributed by atoms with Crippen molar-refractivity contribution in [2.24, 2.45) is 0 Å². The highest BCUT2D eigenvalue weighted by atomic mass is 32.1. The van der Waals surface area contributed by atoms with Crippen LogP contribution in [0.15, 0.2) is 24.7 Å². The molecule has 0 radical (unpaired) electrons. The molecule has 1 fully saturated rings. The van der Waals surface area contributed by atoms with Crippen LogP contribution < -0.4 is 5.32 Å². The Balaban J connectivity index is 1.63. The first kappa shape index (κ1) is 23.7. The molecule has 0 aromatic carbocycles. The molecule has 4 rings (SSSR count). The number of nitrogens with one attached hydrogen (secondary N) is 1. The Hall–Kier alpha value is -2.43. The fourth-order valence-corrected chi connectivity index (χ4v) is 5.64. The van der Waals surface area contributed by atoms with Crippen molar-refractivity contribution < 1.29 is 14.6 Å². The number of anilines is 1. The Morgan fingerprint density at radius 2 is 2.15 bits per heavy atom. The average Bonchev–Trinajstić information content (AvgIpc) is 3.37. The predicted octanol–water partition coefficient (Wildman–Crippen LogP) is 5.33. The maximum atomic E-state index is 11.5. The second-order valence-electron chi connectivity index (χ2n) is 9.87. The highest BCUT2D eigenvalue weighted by molar-refractivity contribution is 7.15. The van der Waals surface area contributed by atoms with E-state index in [0.717, 1.165) is 57.7 Å². The minimum atomic E-state index is -1.13. The molecule has 4 heterocycles. The minimum absolute atomic E-state index is 0.0459. The van der Waals surface area contributed by atoms with Crippen molar-refractivity contribution in [1.82, 2.24) is 19.4 Å². The van der Waals surface area contributed by atoms with Gasteiger partial charge in [-0.1, -0.05) is 19.6 Å². The van der Waals surface area contributed by atoms with Crippen LogP contribution in [0.1, 0.15) is 17.8 Å². The fraction of sp³-hybridized carbons (Fsp3) is 0.522. The second-order valence-corrected chi connectivity index (χ2v) is 16.7. The topological polar surface area (TPSA) is 92.5 Å². The van der Waals surface area contributed by atoms with Gasteiger partial charge < -0.3 is 24.6 Å². The molecule has 0 bridgehead atoms. The van der Waals surface area contributed by atoms with Gasteiger partial charge in [-0.05, 0) is 31.9 Å². The number of rotatable bonds is 8. The van der Waals surface area contributed by atoms with Crippen LogP contribution in [-0.4, -0.2) is 64.4 Å². The Morgan fingerprint density at radius 1 is 1.33 bits per heavy atom. The summed E-state index contributed by atoms with van der Waals surface area (Å²) in [6.07, 6.45) is 6.71. The van der Waals surface area contributed by atoms with Crippen LogP contribution >= 0.6 is 11.3 Å². The van der Waals surface area contributed by atoms with Crippen molar-refractivity contribution in [3.8, 4) is 10.4 Å². The van der Waals surface area contributed by atoms with Crippen molar-refractivity contribution in [2.75, 3.05) is 25.0 Å². The smallest absolute Gasteiger partial charge is 0.407 e. The van der Waals surface area contributed by atoms with E-state index in [-0.39, 0.29) is 6.04 Å². The third-order valence-corrected chi connectivity index (χ3v) is 8.59. The van der Waals surface area contributed by atoms with Gasteiger partial charge in [-0.3, -0.25) is 0 Å². The number of hydrogen-bond donors (Lipinski definition) is 2. The van der Waals surface area contributed by atoms with Crippen LogP contribution in [0.4, 0.5) is 10.5 Å². The number of carbonyl (C=O) groups is 1. The number of piperidine rings is 1. The van der Waals surface area contributed by atoms with Gasteiger partial charge in [-0.25, -0.2) is 14.8 Å². The van der Waals surface area contributed by atoms with E-state index in [1.165, 1.54) is 4.90 Å². The molecule has 1 unspecified atom stereocenters. The number of hydrogen-bond acceptors (Lipinski definition) is 6. The number of fused-ring (bicyclic) bond motifs is 1. The van der Waals surface area contributed by atoms with E-state index in [4.69, 9.17) is 9.72 Å². The number of thiazole rings is 1. The van der Waals surface area contributed by atoms with E-state index in [9.17, 15) is 9.90 Å². The van der Waals surface area contributed by atoms with Gasteiger partial charge >= 0.3 is 6.09 Å². The fourth-order valence-electron chi connectivity index (χ4n) is 4.08. The van der Waals surface area contributed by atoms with E-state index >= 15 is 0 Å². The third-order valence-electron chi connectivity index (χ3n) is 5.94. The molecule has 3 aromatic heterocycles. The lowest BCUT2D eigenvalue weighted by Gasteiger charge is -2.32. The molecule has 1 aliphatic rings. The van der Waals surface area contributed by atoms with Gasteiger partial charge in [-0.2, -0.15) is 0 Å². The number of carboxylic acid groups (broad SMARTS) is 1. The quantitative estimate of drug-likeness (QED) is 0.329. The van der Waals surface area contributed by atoms with E-state index < -0.39 is 14.2 Å². The van der Waals surface area contributed by atoms with E-state index in [1.807, 2.05) is 30.1 Å². The lowest BCUT2D eigenvalue weighted by Crippen LogP contribution is -2.44. The molecular formula is C23H33N5O3SSi. The van der Waals surface area contributed by atoms with Crippen molar-refractivity contribution in [1.29, 1.82) is 0 Å². The van der Waals surface area contributed by atoms with Crippen molar-refractivity contribution in [3.63, 3.8) is 0 Å². The number of pyridine rings is 1. The molecule has 0 aliphatic carbocycles. The summed E-state index contributed by atoms with van der Waals surface area (Å²) in [6, 6.07) is 3.25. The zero-order valence-corrected chi connectivity index (χ0v) is 21.6. The molecule has 1 atom stereocenters. The number of nitrogens with zero attached hydrogens (tertiary/aromatic N) is 4. The first-order valence-corrected chi connectivity index (χ1v) is 16.0. The van der Waals surface area contributed by atoms with Crippen LogP contribution in [-0.2, 0) is 11.5 Å². The van der Waals surface area contributed by atoms with Gasteiger partial charge in [0.25, 0.3) is 0 Å². The lowest BCUT2D eigenvalue weighted by atomic mass is 10.0. The monoisotopic (exact) mass is 487 g/mol. The molecule has 33 heavy (non-hydrogen) atoms. The summed E-state index contributed by atoms with van der Waals surface area (Å²) in [6.45, 7) is 11.3. The number of amides is 1. The van der Waals surface area contributed by atoms with Crippen molar-refractivity contribution >= 4 is 42.2 Å². The minimum Gasteiger partial charge on any atom is -0.465 e. The SMILES string of the molecule is Cc1ncc(-c2cnc3c(ccn3COCC[Si](C)(C)C)c2NC2CCCN(C(=O)O)C2)s1. The molecule has 1 saturated heterocycles. The van der Waals surface area contributed by atoms with Gasteiger partial charge in [0.15, 0.2) is 0 Å². The summed E-state index contributed by atoms with van der Waals surface area (Å²) in [5, 5.41) is 15.1. The van der Waals surface area contributed by atoms with E-state index in [2.05, 4.69) is 36.0 Å². The summed E-state index contributed by atoms with van der Waals surface area (Å²) >= 11 is 1.63. The van der Waals surface area contributed by atoms with Crippen LogP contribution in [0, 0.1) is 6.92 Å². The van der Waals surface area contributed by atoms with Gasteiger partial charge in [-0.15, -0.1) is 11.3 Å². The summed E-state index contributed by atoms with van der Waals surface area (Å²) in [5.41, 5.74) is 2.85. The van der Waals surface area contributed by atoms with Gasteiger partial charge in [0.05, 0.1) is 15.6 Å². The second kappa shape index (κ2) is 9.82. The van der Waals surface area contributed by atoms with Gasteiger partial charge in [0, 0.05) is 63.4 Å². The molecule has 1 amide bonds. The normalized spacial score (nSPS) is 17.0. The molecule has 10 heteroatoms. The molecule has 8 nitrogen and oxygen atoms in total. The van der Waals surface area contributed by atoms with Gasteiger partial charge in [0.1, 0.15) is 12.4 Å². The zero-order valence-electron chi connectivity index (χ0n) is 19.8. The molecule has 1 aliphatic heterocycles. The molecule has 178 valence electrons. The van der Waals surface area contributed by atoms with Crippen LogP contribution in [0.2, 0.25) is 25.7 Å². The largest absolute Gasteiger partial charge is 0.465 e. The van der Waals surface area contributed by atoms with Gasteiger partial charge in [0.2, 0.25) is 0 Å². The molecular weight excluding hydrogens is 454 g/mol. The Bertz CT molecular complexity index is 1120. The molecule has 0 spiro atoms. The predicted molar refractivity (Wildman–Crippen MR) is 136 cm³/mol. The highest BCUT2D eigenvalue weighted by Crippen LogP contribution is 2.37. The van der Waals surface area contributed by atoms with Crippen molar-refractivity contribution in [3.05, 3.63) is 29.7 Å². The summed E-state index contributed by atoms with van der Waals surface area (Å²) in [4.78, 5) is 23.3. The summed E-state index contributed by atoms with van der Waals surface area (Å²) < 4.78 is 8.01. The Kier molecular flexibility index (Phi) is 7.06. The van der Waals surface area contributed by atoms with Crippen LogP contribution in [0.5, 0.6) is 0 Å².